The van der Waals surface area contributed by atoms with E-state index in [4.69, 9.17) is 0 Å². The lowest BCUT2D eigenvalue weighted by molar-refractivity contribution is -0.0427. The minimum atomic E-state index is 0.877. The first-order chi connectivity index (χ1) is 30.6. The average molecular weight is 874 g/mol. The summed E-state index contributed by atoms with van der Waals surface area (Å²) in [6, 6.07) is 0. The Labute approximate surface area is 395 Å². The van der Waals surface area contributed by atoms with Crippen LogP contribution in [0.25, 0.3) is 0 Å². The lowest BCUT2D eigenvalue weighted by atomic mass is 9.51. The zero-order valence-corrected chi connectivity index (χ0v) is 44.0. The maximum Gasteiger partial charge on any atom is 0.000671 e. The number of rotatable bonds is 25. The minimum Gasteiger partial charge on any atom is -0.320 e. The van der Waals surface area contributed by atoms with E-state index in [1.54, 1.807) is 109 Å². The van der Waals surface area contributed by atoms with Gasteiger partial charge in [-0.3, -0.25) is 0 Å². The van der Waals surface area contributed by atoms with Crippen molar-refractivity contribution >= 4 is 0 Å². The highest BCUT2D eigenvalue weighted by Gasteiger charge is 2.52. The molecule has 17 atom stereocenters. The number of fused-ring (bicyclic) bond motifs is 8. The van der Waals surface area contributed by atoms with Gasteiger partial charge < -0.3 is 10.2 Å². The van der Waals surface area contributed by atoms with Gasteiger partial charge in [-0.05, 0) is 262 Å². The van der Waals surface area contributed by atoms with Crippen LogP contribution in [-0.2, 0) is 0 Å². The fourth-order valence-corrected chi connectivity index (χ4v) is 18.6. The molecule has 2 heteroatoms. The lowest BCUT2D eigenvalue weighted by Crippen LogP contribution is -2.45. The Morgan fingerprint density at radius 1 is 0.492 bits per heavy atom. The SMILES string of the molecule is CCCC1C(CCCC(C)C)CCC2C3CCC(CCC(CC(CC)CCC4CCC5C(CCC6C7CCC(CCC(C)C)C7CCC56)C4)CN(C)CCCCNC)CC3CCC12. The van der Waals surface area contributed by atoms with Crippen molar-refractivity contribution in [3.05, 3.63) is 0 Å². The Bertz CT molecular complexity index is 1260. The second kappa shape index (κ2) is 25.5. The summed E-state index contributed by atoms with van der Waals surface area (Å²) in [7, 11) is 4.59. The third kappa shape index (κ3) is 13.8. The van der Waals surface area contributed by atoms with Crippen LogP contribution >= 0.6 is 0 Å². The molecule has 17 unspecified atom stereocenters. The maximum absolute atomic E-state index is 3.39. The topological polar surface area (TPSA) is 15.3 Å². The van der Waals surface area contributed by atoms with E-state index >= 15 is 0 Å². The number of hydrogen-bond acceptors (Lipinski definition) is 2. The molecule has 63 heavy (non-hydrogen) atoms. The zero-order chi connectivity index (χ0) is 44.3. The predicted octanol–water partition coefficient (Wildman–Crippen LogP) is 17.2. The molecule has 0 aromatic heterocycles. The second-order valence-corrected chi connectivity index (χ2v) is 26.4. The molecule has 7 saturated carbocycles. The third-order valence-electron chi connectivity index (χ3n) is 21.8. The summed E-state index contributed by atoms with van der Waals surface area (Å²) >= 11 is 0. The van der Waals surface area contributed by atoms with Crippen molar-refractivity contribution < 1.29 is 0 Å². The smallest absolute Gasteiger partial charge is 0.000671 e. The van der Waals surface area contributed by atoms with Crippen molar-refractivity contribution in [3.63, 3.8) is 0 Å². The van der Waals surface area contributed by atoms with Crippen molar-refractivity contribution in [2.24, 2.45) is 112 Å². The van der Waals surface area contributed by atoms with Crippen LogP contribution in [0.2, 0.25) is 0 Å². The molecule has 0 radical (unpaired) electrons. The maximum atomic E-state index is 3.39. The Morgan fingerprint density at radius 2 is 1.05 bits per heavy atom. The second-order valence-electron chi connectivity index (χ2n) is 26.4. The van der Waals surface area contributed by atoms with E-state index in [0.717, 1.165) is 112 Å². The van der Waals surface area contributed by atoms with Gasteiger partial charge in [-0.1, -0.05) is 119 Å². The monoisotopic (exact) mass is 873 g/mol. The average Bonchev–Trinajstić information content (AvgIpc) is 3.71. The Hall–Kier alpha value is -0.0800. The number of nitrogens with one attached hydrogen (secondary N) is 1. The molecule has 0 spiro atoms. The van der Waals surface area contributed by atoms with Crippen LogP contribution in [0, 0.1) is 112 Å². The summed E-state index contributed by atoms with van der Waals surface area (Å²) in [5.74, 6) is 19.8. The Kier molecular flexibility index (Phi) is 20.6. The first kappa shape index (κ1) is 50.8. The number of nitrogens with zero attached hydrogens (tertiary/aromatic N) is 1. The normalized spacial score (nSPS) is 38.8. The molecule has 7 aliphatic carbocycles. The minimum absolute atomic E-state index is 0.877. The molecule has 7 aliphatic rings. The van der Waals surface area contributed by atoms with Crippen LogP contribution < -0.4 is 5.32 Å². The predicted molar refractivity (Wildman–Crippen MR) is 275 cm³/mol. The van der Waals surface area contributed by atoms with Gasteiger partial charge in [-0.2, -0.15) is 0 Å². The summed E-state index contributed by atoms with van der Waals surface area (Å²) in [5.41, 5.74) is 0. The van der Waals surface area contributed by atoms with Crippen molar-refractivity contribution in [2.45, 2.75) is 241 Å². The van der Waals surface area contributed by atoms with Gasteiger partial charge in [0, 0.05) is 6.54 Å². The largest absolute Gasteiger partial charge is 0.320 e. The molecule has 0 amide bonds. The van der Waals surface area contributed by atoms with Crippen molar-refractivity contribution in [2.75, 3.05) is 33.7 Å². The molecule has 7 fully saturated rings. The van der Waals surface area contributed by atoms with Gasteiger partial charge in [0.2, 0.25) is 0 Å². The number of hydrogen-bond donors (Lipinski definition) is 1. The van der Waals surface area contributed by atoms with E-state index in [-0.39, 0.29) is 0 Å². The molecule has 0 bridgehead atoms. The van der Waals surface area contributed by atoms with Crippen molar-refractivity contribution in [1.29, 1.82) is 0 Å². The fraction of sp³-hybridized carbons (Fsp3) is 1.00. The molecular weight excluding hydrogens is 761 g/mol. The molecule has 7 rings (SSSR count). The molecule has 1 N–H and O–H groups in total. The molecule has 0 heterocycles. The van der Waals surface area contributed by atoms with Crippen LogP contribution in [0.4, 0.5) is 0 Å². The summed E-state index contributed by atoms with van der Waals surface area (Å²) in [4.78, 5) is 2.76. The molecular formula is C61H112N2. The number of unbranched alkanes of at least 4 members (excludes halogenated alkanes) is 1. The quantitative estimate of drug-likeness (QED) is 0.0920. The Morgan fingerprint density at radius 3 is 1.70 bits per heavy atom. The molecule has 0 aliphatic heterocycles. The van der Waals surface area contributed by atoms with E-state index in [2.05, 4.69) is 65.9 Å². The first-order valence-corrected chi connectivity index (χ1v) is 30.0. The fourth-order valence-electron chi connectivity index (χ4n) is 18.6. The van der Waals surface area contributed by atoms with Gasteiger partial charge in [-0.25, -0.2) is 0 Å². The summed E-state index contributed by atoms with van der Waals surface area (Å²) < 4.78 is 0. The van der Waals surface area contributed by atoms with Crippen LogP contribution in [0.3, 0.4) is 0 Å². The van der Waals surface area contributed by atoms with Crippen LogP contribution in [0.1, 0.15) is 241 Å². The van der Waals surface area contributed by atoms with Crippen LogP contribution in [-0.4, -0.2) is 38.6 Å². The molecule has 366 valence electrons. The Balaban J connectivity index is 0.877. The van der Waals surface area contributed by atoms with E-state index in [9.17, 15) is 0 Å². The standard InChI is InChI=1S/C61H112N2/c1-9-14-53-49(16-13-15-43(3)4)25-31-59-55-29-23-47(41-51(55)27-33-57(53)59)20-21-48(42-63(8)38-12-11-37-62-7)39-45(10-2)18-19-46-22-30-56-52(40-46)28-34-61-58-32-26-50(24-17-44(5)6)54(58)35-36-60(56)61/h43-62H,9-42H2,1-8H3. The van der Waals surface area contributed by atoms with Crippen LogP contribution in [0.5, 0.6) is 0 Å². The van der Waals surface area contributed by atoms with Gasteiger partial charge in [0.1, 0.15) is 0 Å². The van der Waals surface area contributed by atoms with Crippen LogP contribution in [0.15, 0.2) is 0 Å². The van der Waals surface area contributed by atoms with Crippen molar-refractivity contribution in [1.82, 2.24) is 10.2 Å². The van der Waals surface area contributed by atoms with Crippen molar-refractivity contribution in [3.8, 4) is 0 Å². The molecule has 0 aromatic carbocycles. The summed E-state index contributed by atoms with van der Waals surface area (Å²) in [6.45, 7) is 18.6. The highest BCUT2D eigenvalue weighted by Crippen LogP contribution is 2.61. The van der Waals surface area contributed by atoms with E-state index < -0.39 is 0 Å². The highest BCUT2D eigenvalue weighted by atomic mass is 15.1. The lowest BCUT2D eigenvalue weighted by Gasteiger charge is -2.54. The summed E-state index contributed by atoms with van der Waals surface area (Å²) in [5, 5.41) is 3.39. The molecule has 0 saturated heterocycles. The van der Waals surface area contributed by atoms with E-state index in [0.29, 0.717) is 0 Å². The van der Waals surface area contributed by atoms with Gasteiger partial charge in [-0.15, -0.1) is 0 Å². The highest BCUT2D eigenvalue weighted by molar-refractivity contribution is 5.02. The van der Waals surface area contributed by atoms with Gasteiger partial charge >= 0.3 is 0 Å². The van der Waals surface area contributed by atoms with E-state index in [1.165, 1.54) is 110 Å². The van der Waals surface area contributed by atoms with E-state index in [1.807, 2.05) is 0 Å². The van der Waals surface area contributed by atoms with Gasteiger partial charge in [0.15, 0.2) is 0 Å². The zero-order valence-electron chi connectivity index (χ0n) is 44.0. The summed E-state index contributed by atoms with van der Waals surface area (Å²) in [6.07, 6.45) is 47.6. The third-order valence-corrected chi connectivity index (χ3v) is 21.8. The molecule has 2 nitrogen and oxygen atoms in total. The van der Waals surface area contributed by atoms with Gasteiger partial charge in [0.25, 0.3) is 0 Å². The molecule has 0 aromatic rings. The van der Waals surface area contributed by atoms with Gasteiger partial charge in [0.05, 0.1) is 0 Å². The first-order valence-electron chi connectivity index (χ1n) is 30.0.